The summed E-state index contributed by atoms with van der Waals surface area (Å²) in [6, 6.07) is 0. The maximum atomic E-state index is 2.61. The number of rotatable bonds is 4. The number of hydrogen-bond donors (Lipinski definition) is 0. The summed E-state index contributed by atoms with van der Waals surface area (Å²) < 4.78 is 0.531. The van der Waals surface area contributed by atoms with Crippen LogP contribution >= 0.6 is 22.6 Å². The predicted octanol–water partition coefficient (Wildman–Crippen LogP) is 4.73. The summed E-state index contributed by atoms with van der Waals surface area (Å²) >= 11 is 2.61. The van der Waals surface area contributed by atoms with Gasteiger partial charge in [0.2, 0.25) is 0 Å². The van der Waals surface area contributed by atoms with E-state index in [1.807, 2.05) is 0 Å². The SMILES string of the molecule is CC[C@@](C)(I)CCC1C=CCCC1. The Morgan fingerprint density at radius 3 is 2.85 bits per heavy atom. The molecule has 0 radical (unpaired) electrons. The van der Waals surface area contributed by atoms with Gasteiger partial charge in [0.25, 0.3) is 0 Å². The van der Waals surface area contributed by atoms with Gasteiger partial charge < -0.3 is 0 Å². The van der Waals surface area contributed by atoms with Crippen molar-refractivity contribution < 1.29 is 0 Å². The highest BCUT2D eigenvalue weighted by molar-refractivity contribution is 14.1. The van der Waals surface area contributed by atoms with E-state index in [9.17, 15) is 0 Å². The van der Waals surface area contributed by atoms with Crippen molar-refractivity contribution in [3.05, 3.63) is 12.2 Å². The molecule has 0 heterocycles. The standard InChI is InChI=1S/C12H21I/c1-3-12(2,13)10-9-11-7-5-4-6-8-11/h5,7,11H,3-4,6,8-10H2,1-2H3/t11?,12-/m1/s1. The van der Waals surface area contributed by atoms with E-state index in [-0.39, 0.29) is 0 Å². The third-order valence-corrected chi connectivity index (χ3v) is 4.43. The van der Waals surface area contributed by atoms with Gasteiger partial charge in [-0.2, -0.15) is 0 Å². The Balaban J connectivity index is 2.25. The first-order valence-corrected chi connectivity index (χ1v) is 6.57. The number of hydrogen-bond acceptors (Lipinski definition) is 0. The van der Waals surface area contributed by atoms with Crippen molar-refractivity contribution in [3.8, 4) is 0 Å². The van der Waals surface area contributed by atoms with Crippen molar-refractivity contribution in [3.63, 3.8) is 0 Å². The average molecular weight is 292 g/mol. The van der Waals surface area contributed by atoms with Crippen molar-refractivity contribution in [2.75, 3.05) is 0 Å². The van der Waals surface area contributed by atoms with Crippen LogP contribution in [-0.2, 0) is 0 Å². The molecule has 0 nitrogen and oxygen atoms in total. The number of halogens is 1. The normalized spacial score (nSPS) is 27.2. The summed E-state index contributed by atoms with van der Waals surface area (Å²) in [4.78, 5) is 0. The van der Waals surface area contributed by atoms with E-state index in [0.717, 1.165) is 5.92 Å². The van der Waals surface area contributed by atoms with Gasteiger partial charge in [-0.25, -0.2) is 0 Å². The third-order valence-electron chi connectivity index (χ3n) is 3.13. The van der Waals surface area contributed by atoms with Crippen molar-refractivity contribution >= 4 is 22.6 Å². The first kappa shape index (κ1) is 11.5. The molecule has 1 unspecified atom stereocenters. The van der Waals surface area contributed by atoms with Gasteiger partial charge in [0.15, 0.2) is 0 Å². The van der Waals surface area contributed by atoms with Crippen molar-refractivity contribution in [1.82, 2.24) is 0 Å². The first-order chi connectivity index (χ1) is 6.14. The highest BCUT2D eigenvalue weighted by atomic mass is 127. The molecule has 13 heavy (non-hydrogen) atoms. The largest absolute Gasteiger partial charge is 0.0883 e. The van der Waals surface area contributed by atoms with Gasteiger partial charge in [0.1, 0.15) is 0 Å². The van der Waals surface area contributed by atoms with E-state index < -0.39 is 0 Å². The Labute approximate surface area is 96.3 Å². The van der Waals surface area contributed by atoms with Gasteiger partial charge in [-0.05, 0) is 44.4 Å². The molecular formula is C12H21I. The van der Waals surface area contributed by atoms with Crippen LogP contribution in [0.3, 0.4) is 0 Å². The molecule has 0 amide bonds. The molecule has 76 valence electrons. The molecule has 0 aliphatic heterocycles. The average Bonchev–Trinajstić information content (AvgIpc) is 2.17. The van der Waals surface area contributed by atoms with Crippen LogP contribution in [0.5, 0.6) is 0 Å². The fraction of sp³-hybridized carbons (Fsp3) is 0.833. The highest BCUT2D eigenvalue weighted by Crippen LogP contribution is 2.32. The minimum absolute atomic E-state index is 0.531. The lowest BCUT2D eigenvalue weighted by Crippen LogP contribution is -2.15. The smallest absolute Gasteiger partial charge is 0.0191 e. The Morgan fingerprint density at radius 1 is 1.54 bits per heavy atom. The van der Waals surface area contributed by atoms with Gasteiger partial charge in [0, 0.05) is 3.42 Å². The number of alkyl halides is 1. The topological polar surface area (TPSA) is 0 Å². The molecule has 0 saturated carbocycles. The summed E-state index contributed by atoms with van der Waals surface area (Å²) in [5.74, 6) is 0.884. The molecule has 1 aliphatic rings. The van der Waals surface area contributed by atoms with Crippen LogP contribution in [0.1, 0.15) is 52.4 Å². The first-order valence-electron chi connectivity index (χ1n) is 5.49. The van der Waals surface area contributed by atoms with Crippen LogP contribution in [0.25, 0.3) is 0 Å². The zero-order chi connectivity index (χ0) is 9.73. The molecule has 1 heteroatoms. The quantitative estimate of drug-likeness (QED) is 0.399. The van der Waals surface area contributed by atoms with Gasteiger partial charge in [-0.3, -0.25) is 0 Å². The molecule has 1 rings (SSSR count). The molecule has 0 aromatic rings. The van der Waals surface area contributed by atoms with Gasteiger partial charge in [-0.1, -0.05) is 48.6 Å². The predicted molar refractivity (Wildman–Crippen MR) is 68.4 cm³/mol. The van der Waals surface area contributed by atoms with E-state index in [1.54, 1.807) is 0 Å². The van der Waals surface area contributed by atoms with E-state index in [0.29, 0.717) is 3.42 Å². The van der Waals surface area contributed by atoms with Crippen LogP contribution in [-0.4, -0.2) is 3.42 Å². The Bertz CT molecular complexity index is 170. The molecular weight excluding hydrogens is 271 g/mol. The second-order valence-corrected chi connectivity index (χ2v) is 7.03. The summed E-state index contributed by atoms with van der Waals surface area (Å²) in [7, 11) is 0. The van der Waals surface area contributed by atoms with E-state index >= 15 is 0 Å². The monoisotopic (exact) mass is 292 g/mol. The van der Waals surface area contributed by atoms with E-state index in [2.05, 4.69) is 48.6 Å². The minimum Gasteiger partial charge on any atom is -0.0883 e. The van der Waals surface area contributed by atoms with E-state index in [4.69, 9.17) is 0 Å². The molecule has 0 spiro atoms. The third kappa shape index (κ3) is 4.48. The molecule has 2 atom stereocenters. The lowest BCUT2D eigenvalue weighted by Gasteiger charge is -2.24. The summed E-state index contributed by atoms with van der Waals surface area (Å²) in [6.07, 6.45) is 13.0. The van der Waals surface area contributed by atoms with E-state index in [1.165, 1.54) is 38.5 Å². The van der Waals surface area contributed by atoms with Crippen LogP contribution in [0.2, 0.25) is 0 Å². The second kappa shape index (κ2) is 5.38. The molecule has 0 saturated heterocycles. The van der Waals surface area contributed by atoms with Crippen LogP contribution < -0.4 is 0 Å². The minimum atomic E-state index is 0.531. The van der Waals surface area contributed by atoms with Gasteiger partial charge in [-0.15, -0.1) is 0 Å². The Hall–Kier alpha value is 0.470. The summed E-state index contributed by atoms with van der Waals surface area (Å²) in [5, 5.41) is 0. The zero-order valence-corrected chi connectivity index (χ0v) is 11.0. The lowest BCUT2D eigenvalue weighted by molar-refractivity contribution is 0.451. The van der Waals surface area contributed by atoms with Crippen LogP contribution in [0, 0.1) is 5.92 Å². The van der Waals surface area contributed by atoms with Gasteiger partial charge in [0.05, 0.1) is 0 Å². The summed E-state index contributed by atoms with van der Waals surface area (Å²) in [5.41, 5.74) is 0. The van der Waals surface area contributed by atoms with Crippen molar-refractivity contribution in [1.29, 1.82) is 0 Å². The van der Waals surface area contributed by atoms with Crippen molar-refractivity contribution in [2.45, 2.75) is 55.8 Å². The molecule has 0 N–H and O–H groups in total. The molecule has 0 fully saturated rings. The fourth-order valence-electron chi connectivity index (χ4n) is 1.79. The molecule has 1 aliphatic carbocycles. The van der Waals surface area contributed by atoms with Gasteiger partial charge >= 0.3 is 0 Å². The number of allylic oxidation sites excluding steroid dienone is 2. The lowest BCUT2D eigenvalue weighted by atomic mass is 9.88. The maximum Gasteiger partial charge on any atom is 0.0191 e. The highest BCUT2D eigenvalue weighted by Gasteiger charge is 2.19. The molecule has 0 aromatic heterocycles. The van der Waals surface area contributed by atoms with Crippen LogP contribution in [0.4, 0.5) is 0 Å². The van der Waals surface area contributed by atoms with Crippen molar-refractivity contribution in [2.24, 2.45) is 5.92 Å². The zero-order valence-electron chi connectivity index (χ0n) is 8.85. The van der Waals surface area contributed by atoms with Crippen LogP contribution in [0.15, 0.2) is 12.2 Å². The Morgan fingerprint density at radius 2 is 2.31 bits per heavy atom. The molecule has 0 aromatic carbocycles. The second-order valence-electron chi connectivity index (χ2n) is 4.42. The fourth-order valence-corrected chi connectivity index (χ4v) is 2.10. The maximum absolute atomic E-state index is 2.61. The summed E-state index contributed by atoms with van der Waals surface area (Å²) in [6.45, 7) is 4.67. The Kier molecular flexibility index (Phi) is 4.77. The molecule has 0 bridgehead atoms.